The predicted molar refractivity (Wildman–Crippen MR) is 206 cm³/mol. The van der Waals surface area contributed by atoms with Crippen molar-refractivity contribution in [2.75, 3.05) is 18.0 Å². The van der Waals surface area contributed by atoms with Crippen LogP contribution < -0.4 is 14.4 Å². The van der Waals surface area contributed by atoms with Gasteiger partial charge in [-0.05, 0) is 61.7 Å². The first kappa shape index (κ1) is 39.8. The van der Waals surface area contributed by atoms with Crippen molar-refractivity contribution < 1.29 is 27.7 Å². The van der Waals surface area contributed by atoms with Crippen LogP contribution in [0.3, 0.4) is 0 Å². The van der Waals surface area contributed by atoms with Crippen LogP contribution in [0.15, 0.2) is 89.8 Å². The lowest BCUT2D eigenvalue weighted by Gasteiger charge is -2.35. The molecule has 0 heterocycles. The molecule has 280 valence electrons. The van der Waals surface area contributed by atoms with Crippen molar-refractivity contribution in [1.82, 2.24) is 10.2 Å². The van der Waals surface area contributed by atoms with E-state index in [1.165, 1.54) is 49.3 Å². The smallest absolute Gasteiger partial charge is 0.273 e. The van der Waals surface area contributed by atoms with Gasteiger partial charge >= 0.3 is 0 Å². The van der Waals surface area contributed by atoms with E-state index < -0.39 is 49.9 Å². The summed E-state index contributed by atoms with van der Waals surface area (Å²) in [5, 5.41) is 15.6. The molecule has 2 amide bonds. The summed E-state index contributed by atoms with van der Waals surface area (Å²) in [6.45, 7) is 0.382. The lowest BCUT2D eigenvalue weighted by molar-refractivity contribution is -0.385. The van der Waals surface area contributed by atoms with Gasteiger partial charge in [0.05, 0.1) is 22.6 Å². The molecule has 53 heavy (non-hydrogen) atoms. The maximum Gasteiger partial charge on any atom is 0.273 e. The summed E-state index contributed by atoms with van der Waals surface area (Å²) in [6.07, 6.45) is 4.64. The summed E-state index contributed by atoms with van der Waals surface area (Å²) in [4.78, 5) is 41.3. The van der Waals surface area contributed by atoms with Gasteiger partial charge in [0, 0.05) is 51.3 Å². The van der Waals surface area contributed by atoms with Crippen molar-refractivity contribution in [2.24, 2.45) is 0 Å². The average molecular weight is 802 g/mol. The van der Waals surface area contributed by atoms with Crippen LogP contribution in [-0.2, 0) is 32.6 Å². The molecule has 1 N–H and O–H groups in total. The number of sulfonamides is 1. The molecule has 0 bridgehead atoms. The number of benzene rings is 4. The third kappa shape index (κ3) is 9.61. The van der Waals surface area contributed by atoms with Crippen molar-refractivity contribution in [1.29, 1.82) is 0 Å². The zero-order valence-corrected chi connectivity index (χ0v) is 32.2. The summed E-state index contributed by atoms with van der Waals surface area (Å²) < 4.78 is 35.5. The molecule has 4 aromatic rings. The van der Waals surface area contributed by atoms with Gasteiger partial charge in [0.1, 0.15) is 18.3 Å². The molecule has 1 fully saturated rings. The normalized spacial score (nSPS) is 13.9. The molecule has 1 atom stereocenters. The van der Waals surface area contributed by atoms with Crippen molar-refractivity contribution in [2.45, 2.75) is 69.0 Å². The number of anilines is 1. The van der Waals surface area contributed by atoms with E-state index in [1.807, 2.05) is 30.3 Å². The average Bonchev–Trinajstić information content (AvgIpc) is 3.13. The number of carbonyl (C=O) groups excluding carboxylic acids is 2. The van der Waals surface area contributed by atoms with Crippen LogP contribution in [0.25, 0.3) is 0 Å². The Kier molecular flexibility index (Phi) is 13.3. The number of carbonyl (C=O) groups is 2. The van der Waals surface area contributed by atoms with Crippen molar-refractivity contribution in [3.8, 4) is 5.75 Å². The van der Waals surface area contributed by atoms with Gasteiger partial charge in [-0.1, -0.05) is 96.5 Å². The maximum absolute atomic E-state index is 14.9. The Labute approximate surface area is 324 Å². The number of nitro benzene ring substituents is 1. The van der Waals surface area contributed by atoms with Gasteiger partial charge in [0.2, 0.25) is 11.8 Å². The number of nitrogens with one attached hydrogen (secondary N) is 1. The molecule has 0 spiro atoms. The molecule has 0 aromatic heterocycles. The van der Waals surface area contributed by atoms with Crippen LogP contribution >= 0.6 is 34.8 Å². The summed E-state index contributed by atoms with van der Waals surface area (Å²) in [6, 6.07) is 20.5. The van der Waals surface area contributed by atoms with E-state index in [0.29, 0.717) is 5.56 Å². The summed E-state index contributed by atoms with van der Waals surface area (Å²) >= 11 is 19.6. The number of ether oxygens (including phenoxy) is 1. The van der Waals surface area contributed by atoms with Gasteiger partial charge in [0.15, 0.2) is 0 Å². The maximum atomic E-state index is 14.9. The molecule has 0 unspecified atom stereocenters. The van der Waals surface area contributed by atoms with E-state index in [-0.39, 0.29) is 51.1 Å². The fourth-order valence-corrected chi connectivity index (χ4v) is 8.52. The molecule has 1 aliphatic rings. The highest BCUT2D eigenvalue weighted by atomic mass is 35.5. The van der Waals surface area contributed by atoms with Gasteiger partial charge in [-0.15, -0.1) is 0 Å². The topological polar surface area (TPSA) is 139 Å². The van der Waals surface area contributed by atoms with Gasteiger partial charge < -0.3 is 15.0 Å². The zero-order chi connectivity index (χ0) is 38.3. The lowest BCUT2D eigenvalue weighted by atomic mass is 9.94. The second-order valence-corrected chi connectivity index (χ2v) is 15.9. The molecule has 15 heteroatoms. The number of hydrogen-bond acceptors (Lipinski definition) is 7. The first-order valence-electron chi connectivity index (χ1n) is 17.0. The molecular weight excluding hydrogens is 763 g/mol. The summed E-state index contributed by atoms with van der Waals surface area (Å²) in [5.74, 6) is -1.14. The number of methoxy groups -OCH3 is 1. The van der Waals surface area contributed by atoms with Crippen molar-refractivity contribution in [3.05, 3.63) is 127 Å². The molecule has 1 saturated carbocycles. The minimum atomic E-state index is -4.73. The largest absolute Gasteiger partial charge is 0.495 e. The summed E-state index contributed by atoms with van der Waals surface area (Å²) in [5.41, 5.74) is 0.836. The third-order valence-corrected chi connectivity index (χ3v) is 12.0. The second-order valence-electron chi connectivity index (χ2n) is 12.8. The van der Waals surface area contributed by atoms with Gasteiger partial charge in [-0.3, -0.25) is 24.0 Å². The highest BCUT2D eigenvalue weighted by molar-refractivity contribution is 7.92. The quantitative estimate of drug-likeness (QED) is 0.100. The molecule has 0 radical (unpaired) electrons. The lowest BCUT2D eigenvalue weighted by Crippen LogP contribution is -2.55. The zero-order valence-electron chi connectivity index (χ0n) is 29.1. The fourth-order valence-electron chi connectivity index (χ4n) is 6.40. The van der Waals surface area contributed by atoms with Gasteiger partial charge in [-0.25, -0.2) is 8.42 Å². The van der Waals surface area contributed by atoms with Crippen LogP contribution in [0.1, 0.15) is 48.8 Å². The number of aryl methyl sites for hydroxylation is 1. The number of nitrogens with zero attached hydrogens (tertiary/aromatic N) is 3. The highest BCUT2D eigenvalue weighted by Crippen LogP contribution is 2.36. The number of rotatable bonds is 14. The van der Waals surface area contributed by atoms with Crippen LogP contribution in [0, 0.1) is 17.0 Å². The van der Waals surface area contributed by atoms with E-state index in [4.69, 9.17) is 39.5 Å². The number of nitro groups is 1. The van der Waals surface area contributed by atoms with Crippen molar-refractivity contribution >= 4 is 68.0 Å². The number of hydrogen-bond donors (Lipinski definition) is 1. The number of amides is 2. The second kappa shape index (κ2) is 17.6. The molecule has 11 nitrogen and oxygen atoms in total. The Morgan fingerprint density at radius 3 is 2.26 bits per heavy atom. The van der Waals surface area contributed by atoms with E-state index >= 15 is 0 Å². The van der Waals surface area contributed by atoms with E-state index in [2.05, 4.69) is 5.32 Å². The third-order valence-electron chi connectivity index (χ3n) is 9.27. The first-order valence-corrected chi connectivity index (χ1v) is 19.6. The molecule has 1 aliphatic carbocycles. The van der Waals surface area contributed by atoms with Crippen LogP contribution in [0.4, 0.5) is 11.4 Å². The van der Waals surface area contributed by atoms with Crippen LogP contribution in [0.5, 0.6) is 5.75 Å². The molecule has 4 aromatic carbocycles. The Morgan fingerprint density at radius 1 is 0.943 bits per heavy atom. The predicted octanol–water partition coefficient (Wildman–Crippen LogP) is 8.16. The minimum absolute atomic E-state index is 0.0592. The van der Waals surface area contributed by atoms with Gasteiger partial charge in [-0.2, -0.15) is 0 Å². The minimum Gasteiger partial charge on any atom is -0.495 e. The van der Waals surface area contributed by atoms with E-state index in [0.717, 1.165) is 48.0 Å². The Morgan fingerprint density at radius 2 is 1.62 bits per heavy atom. The highest BCUT2D eigenvalue weighted by Gasteiger charge is 2.37. The molecular formula is C38H39Cl3N4O7S. The standard InChI is InChI=1S/C38H39Cl3N4O7S/c1-25-16-18-29(22-33(25)45(48)49)53(50,51)44(34-21-27(39)17-19-36(34)52-2)24-37(46)43(23-30-31(40)14-9-15-32(30)41)35(20-26-10-5-3-6-11-26)38(47)42-28-12-7-4-8-13-28/h3,5-6,9-11,14-19,21-22,28,35H,4,7-8,12-13,20,23-24H2,1-2H3,(H,42,47)/t35-/m1/s1. The molecule has 5 rings (SSSR count). The summed E-state index contributed by atoms with van der Waals surface area (Å²) in [7, 11) is -3.40. The van der Waals surface area contributed by atoms with Gasteiger partial charge in [0.25, 0.3) is 15.7 Å². The van der Waals surface area contributed by atoms with Crippen LogP contribution in [0.2, 0.25) is 15.1 Å². The Balaban J connectivity index is 1.66. The Bertz CT molecular complexity index is 2060. The monoisotopic (exact) mass is 800 g/mol. The van der Waals surface area contributed by atoms with Crippen molar-refractivity contribution in [3.63, 3.8) is 0 Å². The molecule has 0 aliphatic heterocycles. The SMILES string of the molecule is COc1ccc(Cl)cc1N(CC(=O)N(Cc1c(Cl)cccc1Cl)[C@H](Cc1ccccc1)C(=O)NC1CCCCC1)S(=O)(=O)c1ccc(C)c([N+](=O)[O-])c1. The first-order chi connectivity index (χ1) is 25.3. The van der Waals surface area contributed by atoms with E-state index in [1.54, 1.807) is 18.2 Å². The number of halogens is 3. The molecule has 0 saturated heterocycles. The van der Waals surface area contributed by atoms with E-state index in [9.17, 15) is 28.1 Å². The van der Waals surface area contributed by atoms with Crippen LogP contribution in [-0.4, -0.2) is 55.8 Å². The fraction of sp³-hybridized carbons (Fsp3) is 0.316. The Hall–Kier alpha value is -4.36.